The van der Waals surface area contributed by atoms with Crippen LogP contribution in [0.1, 0.15) is 89.5 Å². The fourth-order valence-corrected chi connectivity index (χ4v) is 12.7. The number of benzene rings is 5. The lowest BCUT2D eigenvalue weighted by Gasteiger charge is -2.31. The number of phenolic OH excluding ortho intramolecular Hbond substituents is 3. The van der Waals surface area contributed by atoms with E-state index in [1.165, 1.54) is 10.8 Å². The molecule has 1 fully saturated rings. The van der Waals surface area contributed by atoms with Gasteiger partial charge in [-0.05, 0) is 115 Å². The Morgan fingerprint density at radius 3 is 2.46 bits per heavy atom. The van der Waals surface area contributed by atoms with E-state index in [2.05, 4.69) is 39.9 Å². The lowest BCUT2D eigenvalue weighted by Crippen LogP contribution is -2.41. The van der Waals surface area contributed by atoms with Crippen molar-refractivity contribution in [2.75, 3.05) is 33.2 Å². The molecule has 0 bridgehead atoms. The number of carbonyl (C=O) groups is 1. The summed E-state index contributed by atoms with van der Waals surface area (Å²) >= 11 is 0. The first-order valence-corrected chi connectivity index (χ1v) is 25.6. The van der Waals surface area contributed by atoms with E-state index in [4.69, 9.17) is 9.47 Å². The average Bonchev–Trinajstić information content (AvgIpc) is 4.03. The van der Waals surface area contributed by atoms with Crippen molar-refractivity contribution in [3.8, 4) is 28.7 Å². The summed E-state index contributed by atoms with van der Waals surface area (Å²) in [6, 6.07) is 28.8. The maximum Gasteiger partial charge on any atom is 0.167 e. The van der Waals surface area contributed by atoms with Crippen molar-refractivity contribution in [3.05, 3.63) is 148 Å². The van der Waals surface area contributed by atoms with Crippen molar-refractivity contribution < 1.29 is 39.8 Å². The van der Waals surface area contributed by atoms with Crippen LogP contribution in [0.3, 0.4) is 0 Å². The van der Waals surface area contributed by atoms with E-state index < -0.39 is 23.5 Å². The highest BCUT2D eigenvalue weighted by molar-refractivity contribution is 8.76. The molecule has 1 aromatic heterocycles. The van der Waals surface area contributed by atoms with Crippen LogP contribution in [0.2, 0.25) is 0 Å². The summed E-state index contributed by atoms with van der Waals surface area (Å²) in [5.41, 5.74) is 5.46. The lowest BCUT2D eigenvalue weighted by atomic mass is 9.79. The summed E-state index contributed by atoms with van der Waals surface area (Å²) in [6.45, 7) is 2.13. The van der Waals surface area contributed by atoms with Gasteiger partial charge in [-0.25, -0.2) is 0 Å². The average molecular weight is 945 g/mol. The zero-order chi connectivity index (χ0) is 47.1. The van der Waals surface area contributed by atoms with Crippen LogP contribution in [0.5, 0.6) is 28.7 Å². The molecule has 1 saturated carbocycles. The number of methoxy groups -OCH3 is 1. The lowest BCUT2D eigenvalue weighted by molar-refractivity contribution is -0.123. The first-order chi connectivity index (χ1) is 32.4. The third-order valence-corrected chi connectivity index (χ3v) is 16.3. The monoisotopic (exact) mass is 944 g/mol. The maximum absolute atomic E-state index is 15.3. The SMILES string of the molecule is CNC1(c2cc(O)cc(C(Cc3ccc(O)c4c3CSSCC(C)(O)CNCO4)C(=O)CC(O)C(Cc3cc[n-]c3)Cc3ccc(O)c(OC)c3Cc3cccc4ccccc34)c2)CCCC1. The molecule has 13 heteroatoms. The number of nitrogens with one attached hydrogen (secondary N) is 2. The number of fused-ring (bicyclic) bond motifs is 2. The molecule has 0 radical (unpaired) electrons. The number of aromatic nitrogens is 1. The molecule has 4 unspecified atom stereocenters. The van der Waals surface area contributed by atoms with Crippen LogP contribution in [-0.2, 0) is 41.8 Å². The minimum atomic E-state index is -1.10. The molecule has 6 aromatic rings. The number of β-amino-alcohol motifs (C(OH)–C–C–N with tert-alkyl or cyclic N) is 1. The number of ether oxygens (including phenoxy) is 2. The van der Waals surface area contributed by atoms with Crippen LogP contribution < -0.4 is 25.1 Å². The van der Waals surface area contributed by atoms with Gasteiger partial charge in [-0.3, -0.25) is 10.1 Å². The predicted octanol–water partition coefficient (Wildman–Crippen LogP) is 8.82. The van der Waals surface area contributed by atoms with Crippen LogP contribution in [0.25, 0.3) is 10.8 Å². The molecule has 0 saturated heterocycles. The second-order valence-electron chi connectivity index (χ2n) is 18.5. The van der Waals surface area contributed by atoms with E-state index >= 15 is 4.79 Å². The Morgan fingerprint density at radius 2 is 1.69 bits per heavy atom. The predicted molar refractivity (Wildman–Crippen MR) is 267 cm³/mol. The van der Waals surface area contributed by atoms with Gasteiger partial charge in [0.2, 0.25) is 0 Å². The Labute approximate surface area is 401 Å². The summed E-state index contributed by atoms with van der Waals surface area (Å²) in [7, 11) is 6.56. The van der Waals surface area contributed by atoms with Gasteiger partial charge in [0.05, 0.1) is 18.8 Å². The van der Waals surface area contributed by atoms with E-state index in [9.17, 15) is 25.5 Å². The summed E-state index contributed by atoms with van der Waals surface area (Å²) in [5, 5.41) is 66.0. The van der Waals surface area contributed by atoms with Crippen LogP contribution in [-0.4, -0.2) is 76.2 Å². The molecule has 2 heterocycles. The number of hydrogen-bond donors (Lipinski definition) is 7. The van der Waals surface area contributed by atoms with Crippen molar-refractivity contribution in [3.63, 3.8) is 0 Å². The van der Waals surface area contributed by atoms with E-state index in [0.717, 1.165) is 75.4 Å². The summed E-state index contributed by atoms with van der Waals surface area (Å²) in [4.78, 5) is 19.6. The normalized spacial score (nSPS) is 18.9. The molecule has 4 atom stereocenters. The van der Waals surface area contributed by atoms with Crippen molar-refractivity contribution in [1.29, 1.82) is 0 Å². The number of phenols is 3. The Morgan fingerprint density at radius 1 is 0.910 bits per heavy atom. The fourth-order valence-electron chi connectivity index (χ4n) is 10.1. The van der Waals surface area contributed by atoms with Crippen LogP contribution in [0, 0.1) is 5.92 Å². The summed E-state index contributed by atoms with van der Waals surface area (Å²) in [5.74, 6) is 0.213. The van der Waals surface area contributed by atoms with Crippen LogP contribution >= 0.6 is 21.6 Å². The first kappa shape index (κ1) is 48.3. The second-order valence-corrected chi connectivity index (χ2v) is 21.0. The zero-order valence-electron chi connectivity index (χ0n) is 38.5. The minimum absolute atomic E-state index is 0.0231. The largest absolute Gasteiger partial charge is 0.670 e. The van der Waals surface area contributed by atoms with Gasteiger partial charge in [-0.2, -0.15) is 12.4 Å². The number of aliphatic hydroxyl groups is 2. The highest BCUT2D eigenvalue weighted by Crippen LogP contribution is 2.44. The van der Waals surface area contributed by atoms with Crippen molar-refractivity contribution >= 4 is 38.1 Å². The van der Waals surface area contributed by atoms with Gasteiger partial charge < -0.3 is 45.3 Å². The van der Waals surface area contributed by atoms with E-state index in [1.807, 2.05) is 49.5 Å². The number of hydrogen-bond acceptors (Lipinski definition) is 12. The highest BCUT2D eigenvalue weighted by atomic mass is 33.1. The molecule has 8 rings (SSSR count). The Hall–Kier alpha value is -5.15. The van der Waals surface area contributed by atoms with Crippen molar-refractivity contribution in [2.45, 2.75) is 93.6 Å². The molecule has 7 N–H and O–H groups in total. The standard InChI is InChI=1S/C54H62N3O8S2/c1-53(63)31-57-33-65-52-46(30-66-67-32-53)38(14-16-48(52)60)25-44(39-23-41(27-42(58)24-39)54(55-2)18-6-7-19-54)50(62)28-49(61)40(21-34-17-20-56-29-34)22-37-13-15-47(59)51(64-3)45(37)26-36-11-8-10-35-9-4-5-12-43(35)36/h4-5,8-17,20,23-24,27,29,40,44,49,55,57-61,63H,6-7,18-19,21-22,25-26,28,30-33H2,1-3H3/q-1. The molecule has 2 aliphatic rings. The van der Waals surface area contributed by atoms with E-state index in [1.54, 1.807) is 61.5 Å². The first-order valence-electron chi connectivity index (χ1n) is 23.1. The van der Waals surface area contributed by atoms with Gasteiger partial charge in [0, 0.05) is 53.5 Å². The number of carbonyl (C=O) groups excluding carboxylic acids is 1. The van der Waals surface area contributed by atoms with Gasteiger partial charge in [-0.1, -0.05) is 107 Å². The highest BCUT2D eigenvalue weighted by Gasteiger charge is 2.36. The third kappa shape index (κ3) is 11.3. The van der Waals surface area contributed by atoms with Crippen LogP contribution in [0.15, 0.2) is 103 Å². The molecule has 1 aliphatic carbocycles. The topological polar surface area (TPSA) is 175 Å². The van der Waals surface area contributed by atoms with Gasteiger partial charge in [-0.15, -0.1) is 0 Å². The number of aromatic hydroxyl groups is 3. The van der Waals surface area contributed by atoms with Crippen LogP contribution in [0.4, 0.5) is 0 Å². The molecule has 354 valence electrons. The van der Waals surface area contributed by atoms with Gasteiger partial charge in [0.15, 0.2) is 23.0 Å². The summed E-state index contributed by atoms with van der Waals surface area (Å²) in [6.07, 6.45) is 7.59. The smallest absolute Gasteiger partial charge is 0.167 e. The molecule has 0 amide bonds. The van der Waals surface area contributed by atoms with Crippen molar-refractivity contribution in [1.82, 2.24) is 15.6 Å². The molecule has 0 spiro atoms. The summed E-state index contributed by atoms with van der Waals surface area (Å²) < 4.78 is 12.0. The van der Waals surface area contributed by atoms with E-state index in [-0.39, 0.29) is 48.1 Å². The Bertz CT molecular complexity index is 2640. The third-order valence-electron chi connectivity index (χ3n) is 13.8. The zero-order valence-corrected chi connectivity index (χ0v) is 40.1. The maximum atomic E-state index is 15.3. The van der Waals surface area contributed by atoms with Crippen molar-refractivity contribution in [2.24, 2.45) is 5.92 Å². The Kier molecular flexibility index (Phi) is 15.5. The molecular formula is C54H62N3O8S2-. The van der Waals surface area contributed by atoms with E-state index in [0.29, 0.717) is 54.4 Å². The molecule has 1 aliphatic heterocycles. The molecular weight excluding hydrogens is 883 g/mol. The van der Waals surface area contributed by atoms with Gasteiger partial charge in [0.1, 0.15) is 18.3 Å². The van der Waals surface area contributed by atoms with Gasteiger partial charge in [0.25, 0.3) is 0 Å². The quantitative estimate of drug-likeness (QED) is 0.0459. The second kappa shape index (κ2) is 21.4. The fraction of sp³-hybridized carbons (Fsp3) is 0.389. The number of rotatable bonds is 16. The number of ketones is 1. The van der Waals surface area contributed by atoms with Gasteiger partial charge >= 0.3 is 0 Å². The number of Topliss-reactive ketones (excluding diaryl/α,β-unsaturated/α-hetero) is 1. The minimum Gasteiger partial charge on any atom is -0.670 e. The number of aliphatic hydroxyl groups excluding tert-OH is 1. The number of nitrogens with zero attached hydrogens (tertiary/aromatic N) is 1. The molecule has 67 heavy (non-hydrogen) atoms. The Balaban J connectivity index is 1.16. The molecule has 5 aromatic carbocycles. The molecule has 11 nitrogen and oxygen atoms in total.